The van der Waals surface area contributed by atoms with Crippen LogP contribution >= 0.6 is 0 Å². The number of aliphatic hydroxyl groups is 1. The van der Waals surface area contributed by atoms with Crippen molar-refractivity contribution in [2.75, 3.05) is 36.9 Å². The molecule has 0 aromatic heterocycles. The van der Waals surface area contributed by atoms with Gasteiger partial charge in [0.15, 0.2) is 9.84 Å². The monoisotopic (exact) mass is 589 g/mol. The van der Waals surface area contributed by atoms with E-state index in [-0.39, 0.29) is 28.9 Å². The van der Waals surface area contributed by atoms with Gasteiger partial charge in [-0.15, -0.1) is 0 Å². The molecule has 0 radical (unpaired) electrons. The van der Waals surface area contributed by atoms with Gasteiger partial charge in [-0.1, -0.05) is 31.2 Å². The van der Waals surface area contributed by atoms with Crippen molar-refractivity contribution in [3.05, 3.63) is 94.5 Å². The number of rotatable bonds is 9. The van der Waals surface area contributed by atoms with Crippen LogP contribution in [-0.2, 0) is 22.6 Å². The molecule has 220 valence electrons. The average molecular weight is 590 g/mol. The smallest absolute Gasteiger partial charge is 0.395 e. The number of carbonyl (C=O) groups is 1. The summed E-state index contributed by atoms with van der Waals surface area (Å²) in [7, 11) is -3.39. The zero-order chi connectivity index (χ0) is 29.9. The Kier molecular flexibility index (Phi) is 9.10. The Bertz CT molecular complexity index is 1480. The quantitative estimate of drug-likeness (QED) is 0.383. The minimum Gasteiger partial charge on any atom is -0.395 e. The first-order valence-corrected chi connectivity index (χ1v) is 15.0. The molecule has 3 N–H and O–H groups in total. The van der Waals surface area contributed by atoms with Gasteiger partial charge in [-0.25, -0.2) is 8.42 Å². The summed E-state index contributed by atoms with van der Waals surface area (Å²) in [6, 6.07) is 16.9. The Morgan fingerprint density at radius 3 is 2.24 bits per heavy atom. The van der Waals surface area contributed by atoms with Gasteiger partial charge in [-0.2, -0.15) is 13.2 Å². The molecule has 1 saturated heterocycles. The third kappa shape index (κ3) is 6.91. The molecular formula is C30H34F3N3O4S. The number of benzene rings is 3. The van der Waals surface area contributed by atoms with Crippen LogP contribution in [-0.4, -0.2) is 62.4 Å². The predicted molar refractivity (Wildman–Crippen MR) is 152 cm³/mol. The summed E-state index contributed by atoms with van der Waals surface area (Å²) < 4.78 is 63.1. The number of amides is 1. The molecule has 4 rings (SSSR count). The van der Waals surface area contributed by atoms with Gasteiger partial charge < -0.3 is 15.7 Å². The second kappa shape index (κ2) is 12.2. The summed E-state index contributed by atoms with van der Waals surface area (Å²) in [6.07, 6.45) is -4.37. The van der Waals surface area contributed by atoms with Crippen LogP contribution in [0.15, 0.2) is 71.6 Å². The van der Waals surface area contributed by atoms with Gasteiger partial charge in [0.2, 0.25) is 5.91 Å². The van der Waals surface area contributed by atoms with Crippen LogP contribution in [0.1, 0.15) is 52.4 Å². The van der Waals surface area contributed by atoms with Gasteiger partial charge in [0.1, 0.15) is 0 Å². The van der Waals surface area contributed by atoms with Crippen molar-refractivity contribution in [2.45, 2.75) is 43.4 Å². The van der Waals surface area contributed by atoms with Gasteiger partial charge in [0.05, 0.1) is 22.8 Å². The number of nitrogens with zero attached hydrogens (tertiary/aromatic N) is 2. The van der Waals surface area contributed by atoms with E-state index in [9.17, 15) is 31.5 Å². The van der Waals surface area contributed by atoms with E-state index in [1.165, 1.54) is 24.3 Å². The fourth-order valence-electron chi connectivity index (χ4n) is 5.32. The SMILES string of the molecule is CCS(=O)(=O)c1ccc([C@@H](CO)c2cc(N3CCN(Cc4ccc(C(F)(F)F)cc4)C[C@H]3C)ccc2C(N)=O)cc1. The Balaban J connectivity index is 1.54. The molecule has 1 fully saturated rings. The summed E-state index contributed by atoms with van der Waals surface area (Å²) in [5.74, 6) is -1.27. The topological polar surface area (TPSA) is 104 Å². The van der Waals surface area contributed by atoms with Crippen LogP contribution in [0, 0.1) is 0 Å². The lowest BCUT2D eigenvalue weighted by molar-refractivity contribution is -0.137. The molecule has 11 heteroatoms. The number of halogens is 3. The lowest BCUT2D eigenvalue weighted by Gasteiger charge is -2.41. The molecule has 1 aliphatic rings. The van der Waals surface area contributed by atoms with Crippen LogP contribution in [0.4, 0.5) is 18.9 Å². The highest BCUT2D eigenvalue weighted by Crippen LogP contribution is 2.33. The van der Waals surface area contributed by atoms with E-state index in [1.807, 2.05) is 12.1 Å². The standard InChI is InChI=1S/C30H34F3N3O4S/c1-3-41(39,40)25-11-6-22(7-12-25)28(19-37)27-16-24(10-13-26(27)29(34)38)36-15-14-35(17-20(36)2)18-21-4-8-23(9-5-21)30(31,32)33/h4-13,16,20,28,37H,3,14-15,17-19H2,1-2H3,(H2,34,38)/t20-,28-/m1/s1. The minimum absolute atomic E-state index is 0.0283. The summed E-state index contributed by atoms with van der Waals surface area (Å²) in [5.41, 5.74) is 8.12. The third-order valence-electron chi connectivity index (χ3n) is 7.61. The zero-order valence-corrected chi connectivity index (χ0v) is 23.8. The summed E-state index contributed by atoms with van der Waals surface area (Å²) in [6.45, 7) is 5.82. The number of hydrogen-bond acceptors (Lipinski definition) is 6. The first-order valence-electron chi connectivity index (χ1n) is 13.4. The molecular weight excluding hydrogens is 555 g/mol. The normalized spacial score (nSPS) is 17.4. The third-order valence-corrected chi connectivity index (χ3v) is 9.36. The molecule has 3 aromatic rings. The lowest BCUT2D eigenvalue weighted by atomic mass is 9.87. The van der Waals surface area contributed by atoms with Crippen molar-refractivity contribution in [3.8, 4) is 0 Å². The Morgan fingerprint density at radius 2 is 1.71 bits per heavy atom. The zero-order valence-electron chi connectivity index (χ0n) is 22.9. The number of primary amides is 1. The van der Waals surface area contributed by atoms with Crippen molar-refractivity contribution in [1.82, 2.24) is 4.90 Å². The largest absolute Gasteiger partial charge is 0.416 e. The van der Waals surface area contributed by atoms with Crippen LogP contribution in [0.3, 0.4) is 0 Å². The fourth-order valence-corrected chi connectivity index (χ4v) is 6.20. The van der Waals surface area contributed by atoms with Crippen LogP contribution in [0.25, 0.3) is 0 Å². The molecule has 1 amide bonds. The molecule has 0 spiro atoms. The molecule has 0 saturated carbocycles. The first kappa shape index (κ1) is 30.5. The highest BCUT2D eigenvalue weighted by Gasteiger charge is 2.30. The highest BCUT2D eigenvalue weighted by atomic mass is 32.2. The van der Waals surface area contributed by atoms with E-state index in [2.05, 4.69) is 16.7 Å². The van der Waals surface area contributed by atoms with E-state index in [1.54, 1.807) is 25.1 Å². The number of hydrogen-bond donors (Lipinski definition) is 2. The summed E-state index contributed by atoms with van der Waals surface area (Å²) in [4.78, 5) is 16.9. The number of nitrogens with two attached hydrogens (primary N) is 1. The highest BCUT2D eigenvalue weighted by molar-refractivity contribution is 7.91. The molecule has 41 heavy (non-hydrogen) atoms. The number of sulfone groups is 1. The number of carbonyl (C=O) groups excluding carboxylic acids is 1. The second-order valence-corrected chi connectivity index (χ2v) is 12.6. The molecule has 2 atom stereocenters. The average Bonchev–Trinajstić information content (AvgIpc) is 2.93. The maximum atomic E-state index is 12.9. The molecule has 1 heterocycles. The Morgan fingerprint density at radius 1 is 1.05 bits per heavy atom. The van der Waals surface area contributed by atoms with Gasteiger partial charge in [-0.05, 0) is 66.1 Å². The van der Waals surface area contributed by atoms with Gasteiger partial charge >= 0.3 is 6.18 Å². The number of piperazine rings is 1. The van der Waals surface area contributed by atoms with Crippen molar-refractivity contribution in [2.24, 2.45) is 5.73 Å². The molecule has 7 nitrogen and oxygen atoms in total. The Hall–Kier alpha value is -3.41. The van der Waals surface area contributed by atoms with Gasteiger partial charge in [0.25, 0.3) is 0 Å². The predicted octanol–water partition coefficient (Wildman–Crippen LogP) is 4.43. The second-order valence-electron chi connectivity index (χ2n) is 10.3. The molecule has 0 bridgehead atoms. The number of alkyl halides is 3. The summed E-state index contributed by atoms with van der Waals surface area (Å²) >= 11 is 0. The van der Waals surface area contributed by atoms with Crippen molar-refractivity contribution in [1.29, 1.82) is 0 Å². The van der Waals surface area contributed by atoms with E-state index in [4.69, 9.17) is 5.73 Å². The van der Waals surface area contributed by atoms with Crippen LogP contribution in [0.5, 0.6) is 0 Å². The van der Waals surface area contributed by atoms with E-state index in [0.717, 1.165) is 23.4 Å². The molecule has 0 aliphatic carbocycles. The lowest BCUT2D eigenvalue weighted by Crippen LogP contribution is -2.51. The molecule has 1 aliphatic heterocycles. The van der Waals surface area contributed by atoms with Gasteiger partial charge in [0, 0.05) is 49.4 Å². The van der Waals surface area contributed by atoms with Crippen LogP contribution in [0.2, 0.25) is 0 Å². The van der Waals surface area contributed by atoms with Crippen molar-refractivity contribution < 1.29 is 31.5 Å². The number of anilines is 1. The van der Waals surface area contributed by atoms with Gasteiger partial charge in [-0.3, -0.25) is 9.69 Å². The maximum absolute atomic E-state index is 12.9. The van der Waals surface area contributed by atoms with Crippen molar-refractivity contribution in [3.63, 3.8) is 0 Å². The van der Waals surface area contributed by atoms with Crippen LogP contribution < -0.4 is 10.6 Å². The van der Waals surface area contributed by atoms with E-state index >= 15 is 0 Å². The van der Waals surface area contributed by atoms with E-state index < -0.39 is 33.4 Å². The fraction of sp³-hybridized carbons (Fsp3) is 0.367. The van der Waals surface area contributed by atoms with E-state index in [0.29, 0.717) is 37.3 Å². The molecule has 0 unspecified atom stereocenters. The first-order chi connectivity index (χ1) is 19.3. The van der Waals surface area contributed by atoms with Crippen molar-refractivity contribution >= 4 is 21.4 Å². The maximum Gasteiger partial charge on any atom is 0.416 e. The minimum atomic E-state index is -4.37. The Labute approximate surface area is 238 Å². The number of aliphatic hydroxyl groups excluding tert-OH is 1. The summed E-state index contributed by atoms with van der Waals surface area (Å²) in [5, 5.41) is 10.4. The molecule has 3 aromatic carbocycles.